The highest BCUT2D eigenvalue weighted by molar-refractivity contribution is 5.96. The Morgan fingerprint density at radius 1 is 1.00 bits per heavy atom. The van der Waals surface area contributed by atoms with Gasteiger partial charge in [-0.1, -0.05) is 12.1 Å². The van der Waals surface area contributed by atoms with Crippen LogP contribution < -0.4 is 18.9 Å². The first-order valence-corrected chi connectivity index (χ1v) is 10.3. The summed E-state index contributed by atoms with van der Waals surface area (Å²) in [5.41, 5.74) is 3.38. The van der Waals surface area contributed by atoms with Gasteiger partial charge in [-0.15, -0.1) is 0 Å². The van der Waals surface area contributed by atoms with Crippen LogP contribution in [0.4, 0.5) is 0 Å². The number of fused-ring (bicyclic) bond motifs is 2. The highest BCUT2D eigenvalue weighted by Gasteiger charge is 2.36. The number of hydrogen-bond acceptors (Lipinski definition) is 6. The second kappa shape index (κ2) is 8.00. The van der Waals surface area contributed by atoms with E-state index < -0.39 is 6.04 Å². The summed E-state index contributed by atoms with van der Waals surface area (Å²) >= 11 is 0. The van der Waals surface area contributed by atoms with Crippen molar-refractivity contribution in [2.24, 2.45) is 0 Å². The van der Waals surface area contributed by atoms with Crippen LogP contribution in [0.15, 0.2) is 54.6 Å². The Balaban J connectivity index is 1.62. The van der Waals surface area contributed by atoms with E-state index in [1.807, 2.05) is 29.2 Å². The summed E-state index contributed by atoms with van der Waals surface area (Å²) in [6.07, 6.45) is 0.660. The lowest BCUT2D eigenvalue weighted by atomic mass is 9.86. The van der Waals surface area contributed by atoms with Gasteiger partial charge in [0, 0.05) is 23.7 Å². The van der Waals surface area contributed by atoms with E-state index in [-0.39, 0.29) is 18.4 Å². The number of aromatic hydroxyl groups is 1. The van der Waals surface area contributed by atoms with Crippen LogP contribution in [-0.4, -0.2) is 43.5 Å². The molecule has 0 saturated heterocycles. The molecule has 7 nitrogen and oxygen atoms in total. The molecule has 2 heterocycles. The van der Waals surface area contributed by atoms with Crippen molar-refractivity contribution in [1.82, 2.24) is 4.90 Å². The summed E-state index contributed by atoms with van der Waals surface area (Å²) in [5.74, 6) is 2.61. The number of carbonyl (C=O) groups excluding carboxylic acids is 1. The largest absolute Gasteiger partial charge is 0.508 e. The number of rotatable bonds is 4. The fourth-order valence-electron chi connectivity index (χ4n) is 4.40. The molecule has 1 amide bonds. The third-order valence-corrected chi connectivity index (χ3v) is 5.95. The summed E-state index contributed by atoms with van der Waals surface area (Å²) < 4.78 is 22.0. The summed E-state index contributed by atoms with van der Waals surface area (Å²) in [7, 11) is 3.23. The molecule has 1 atom stereocenters. The smallest absolute Gasteiger partial charge is 0.254 e. The molecule has 2 aliphatic rings. The summed E-state index contributed by atoms with van der Waals surface area (Å²) in [6, 6.07) is 15.6. The second-order valence-electron chi connectivity index (χ2n) is 7.71. The monoisotopic (exact) mass is 433 g/mol. The van der Waals surface area contributed by atoms with Crippen LogP contribution in [0, 0.1) is 0 Å². The molecule has 3 aromatic rings. The third kappa shape index (κ3) is 3.36. The van der Waals surface area contributed by atoms with Crippen molar-refractivity contribution in [2.45, 2.75) is 12.5 Å². The zero-order chi connectivity index (χ0) is 22.2. The predicted molar refractivity (Wildman–Crippen MR) is 117 cm³/mol. The standard InChI is InChI=1S/C25H23NO6/c1-29-19-11-16-9-10-26(25(28)17-5-8-20-21(12-17)32-14-31-20)24(23(16)22(13-19)30-2)15-3-6-18(27)7-4-15/h3-8,11-13,24,27H,9-10,14H2,1-2H3. The molecule has 0 aromatic heterocycles. The first-order chi connectivity index (χ1) is 15.6. The summed E-state index contributed by atoms with van der Waals surface area (Å²) in [4.78, 5) is 15.5. The van der Waals surface area contributed by atoms with Gasteiger partial charge in [0.1, 0.15) is 17.2 Å². The van der Waals surface area contributed by atoms with E-state index in [1.54, 1.807) is 44.6 Å². The maximum absolute atomic E-state index is 13.7. The fraction of sp³-hybridized carbons (Fsp3) is 0.240. The number of amides is 1. The van der Waals surface area contributed by atoms with Crippen LogP contribution >= 0.6 is 0 Å². The molecule has 7 heteroatoms. The van der Waals surface area contributed by atoms with Gasteiger partial charge in [-0.3, -0.25) is 4.79 Å². The van der Waals surface area contributed by atoms with Gasteiger partial charge in [-0.05, 0) is 53.9 Å². The van der Waals surface area contributed by atoms with Crippen LogP contribution in [0.1, 0.15) is 33.1 Å². The number of nitrogens with zero attached hydrogens (tertiary/aromatic N) is 1. The lowest BCUT2D eigenvalue weighted by Crippen LogP contribution is -2.40. The van der Waals surface area contributed by atoms with Gasteiger partial charge in [-0.2, -0.15) is 0 Å². The zero-order valence-corrected chi connectivity index (χ0v) is 17.8. The van der Waals surface area contributed by atoms with Gasteiger partial charge in [0.25, 0.3) is 5.91 Å². The van der Waals surface area contributed by atoms with Gasteiger partial charge < -0.3 is 29.0 Å². The summed E-state index contributed by atoms with van der Waals surface area (Å²) in [5, 5.41) is 9.81. The molecule has 1 N–H and O–H groups in total. The van der Waals surface area contributed by atoms with Crippen molar-refractivity contribution in [3.8, 4) is 28.7 Å². The van der Waals surface area contributed by atoms with Crippen LogP contribution in [-0.2, 0) is 6.42 Å². The molecular formula is C25H23NO6. The molecule has 32 heavy (non-hydrogen) atoms. The minimum atomic E-state index is -0.391. The number of hydrogen-bond donors (Lipinski definition) is 1. The molecule has 3 aromatic carbocycles. The Kier molecular flexibility index (Phi) is 5.01. The fourth-order valence-corrected chi connectivity index (χ4v) is 4.40. The van der Waals surface area contributed by atoms with E-state index in [0.717, 1.165) is 16.7 Å². The molecule has 0 spiro atoms. The Morgan fingerprint density at radius 2 is 1.78 bits per heavy atom. The van der Waals surface area contributed by atoms with Crippen molar-refractivity contribution in [3.05, 3.63) is 76.9 Å². The molecule has 1 unspecified atom stereocenters. The summed E-state index contributed by atoms with van der Waals surface area (Å²) in [6.45, 7) is 0.668. The molecule has 0 fully saturated rings. The average Bonchev–Trinajstić information content (AvgIpc) is 3.30. The highest BCUT2D eigenvalue weighted by Crippen LogP contribution is 2.44. The molecule has 2 aliphatic heterocycles. The number of benzene rings is 3. The van der Waals surface area contributed by atoms with Gasteiger partial charge in [0.05, 0.1) is 20.3 Å². The van der Waals surface area contributed by atoms with Crippen LogP contribution in [0.3, 0.4) is 0 Å². The predicted octanol–water partition coefficient (Wildman–Crippen LogP) is 3.93. The van der Waals surface area contributed by atoms with Crippen molar-refractivity contribution >= 4 is 5.91 Å². The normalized spacial score (nSPS) is 16.4. The van der Waals surface area contributed by atoms with Crippen molar-refractivity contribution in [1.29, 1.82) is 0 Å². The van der Waals surface area contributed by atoms with Crippen molar-refractivity contribution in [2.75, 3.05) is 27.6 Å². The molecule has 0 bridgehead atoms. The molecule has 5 rings (SSSR count). The van der Waals surface area contributed by atoms with E-state index in [4.69, 9.17) is 18.9 Å². The lowest BCUT2D eigenvalue weighted by molar-refractivity contribution is 0.0692. The first kappa shape index (κ1) is 20.1. The van der Waals surface area contributed by atoms with Crippen LogP contribution in [0.2, 0.25) is 0 Å². The Bertz CT molecular complexity index is 1160. The van der Waals surface area contributed by atoms with E-state index >= 15 is 0 Å². The second-order valence-corrected chi connectivity index (χ2v) is 7.71. The lowest BCUT2D eigenvalue weighted by Gasteiger charge is -2.38. The molecular weight excluding hydrogens is 410 g/mol. The van der Waals surface area contributed by atoms with E-state index in [2.05, 4.69) is 0 Å². The van der Waals surface area contributed by atoms with Crippen LogP contribution in [0.5, 0.6) is 28.7 Å². The van der Waals surface area contributed by atoms with Gasteiger partial charge in [0.15, 0.2) is 11.5 Å². The number of phenols is 1. The minimum Gasteiger partial charge on any atom is -0.508 e. The Hall–Kier alpha value is -3.87. The quantitative estimate of drug-likeness (QED) is 0.672. The number of methoxy groups -OCH3 is 2. The van der Waals surface area contributed by atoms with Crippen LogP contribution in [0.25, 0.3) is 0 Å². The van der Waals surface area contributed by atoms with E-state index in [0.29, 0.717) is 41.5 Å². The maximum Gasteiger partial charge on any atom is 0.254 e. The topological polar surface area (TPSA) is 77.5 Å². The number of phenolic OH excluding ortho intramolecular Hbond substituents is 1. The van der Waals surface area contributed by atoms with Crippen molar-refractivity contribution in [3.63, 3.8) is 0 Å². The Labute approximate surface area is 185 Å². The molecule has 0 aliphatic carbocycles. The average molecular weight is 433 g/mol. The zero-order valence-electron chi connectivity index (χ0n) is 17.8. The molecule has 164 valence electrons. The minimum absolute atomic E-state index is 0.120. The molecule has 0 radical (unpaired) electrons. The van der Waals surface area contributed by atoms with Gasteiger partial charge >= 0.3 is 0 Å². The SMILES string of the molecule is COc1cc2c(c(OC)c1)C(c1ccc(O)cc1)N(C(=O)c1ccc3c(c1)OCO3)CC2. The van der Waals surface area contributed by atoms with E-state index in [9.17, 15) is 9.90 Å². The van der Waals surface area contributed by atoms with Gasteiger partial charge in [0.2, 0.25) is 6.79 Å². The maximum atomic E-state index is 13.7. The number of ether oxygens (including phenoxy) is 4. The first-order valence-electron chi connectivity index (χ1n) is 10.3. The van der Waals surface area contributed by atoms with Crippen molar-refractivity contribution < 1.29 is 28.8 Å². The van der Waals surface area contributed by atoms with Gasteiger partial charge in [-0.25, -0.2) is 0 Å². The molecule has 0 saturated carbocycles. The number of carbonyl (C=O) groups is 1. The third-order valence-electron chi connectivity index (χ3n) is 5.95. The van der Waals surface area contributed by atoms with E-state index in [1.165, 1.54) is 0 Å². The Morgan fingerprint density at radius 3 is 2.53 bits per heavy atom. The highest BCUT2D eigenvalue weighted by atomic mass is 16.7.